The topological polar surface area (TPSA) is 78.9 Å². The van der Waals surface area contributed by atoms with Gasteiger partial charge >= 0.3 is 0 Å². The Morgan fingerprint density at radius 2 is 2.04 bits per heavy atom. The minimum absolute atomic E-state index is 0.0197. The molecule has 1 atom stereocenters. The van der Waals surface area contributed by atoms with Crippen molar-refractivity contribution in [3.05, 3.63) is 29.8 Å². The Morgan fingerprint density at radius 3 is 2.71 bits per heavy atom. The maximum atomic E-state index is 12.1. The SMILES string of the molecule is COc1ccc(CN2CC(C(=O)NCCCCCO)CC2=O)cc1. The molecule has 2 amide bonds. The van der Waals surface area contributed by atoms with E-state index < -0.39 is 0 Å². The number of carbonyl (C=O) groups excluding carboxylic acids is 2. The zero-order valence-corrected chi connectivity index (χ0v) is 14.2. The lowest BCUT2D eigenvalue weighted by molar-refractivity contribution is -0.129. The molecule has 1 aliphatic rings. The van der Waals surface area contributed by atoms with E-state index in [1.165, 1.54) is 0 Å². The highest BCUT2D eigenvalue weighted by Gasteiger charge is 2.33. The molecule has 0 spiro atoms. The van der Waals surface area contributed by atoms with Crippen molar-refractivity contribution >= 4 is 11.8 Å². The van der Waals surface area contributed by atoms with E-state index in [0.717, 1.165) is 30.6 Å². The molecular formula is C18H26N2O4. The van der Waals surface area contributed by atoms with Gasteiger partial charge in [-0.25, -0.2) is 0 Å². The number of aliphatic hydroxyl groups excluding tert-OH is 1. The van der Waals surface area contributed by atoms with E-state index in [0.29, 0.717) is 19.6 Å². The van der Waals surface area contributed by atoms with Crippen LogP contribution in [0.2, 0.25) is 0 Å². The smallest absolute Gasteiger partial charge is 0.225 e. The molecule has 1 aromatic rings. The summed E-state index contributed by atoms with van der Waals surface area (Å²) in [7, 11) is 1.62. The number of nitrogens with zero attached hydrogens (tertiary/aromatic N) is 1. The van der Waals surface area contributed by atoms with Crippen molar-refractivity contribution in [1.29, 1.82) is 0 Å². The molecule has 1 aromatic carbocycles. The summed E-state index contributed by atoms with van der Waals surface area (Å²) in [5.41, 5.74) is 1.02. The molecule has 0 aromatic heterocycles. The first kappa shape index (κ1) is 18.3. The minimum Gasteiger partial charge on any atom is -0.497 e. The van der Waals surface area contributed by atoms with E-state index in [1.54, 1.807) is 12.0 Å². The van der Waals surface area contributed by atoms with Gasteiger partial charge in [-0.15, -0.1) is 0 Å². The number of hydrogen-bond donors (Lipinski definition) is 2. The van der Waals surface area contributed by atoms with Crippen molar-refractivity contribution in [3.63, 3.8) is 0 Å². The van der Waals surface area contributed by atoms with E-state index in [1.807, 2.05) is 24.3 Å². The fraction of sp³-hybridized carbons (Fsp3) is 0.556. The Morgan fingerprint density at radius 1 is 1.29 bits per heavy atom. The number of methoxy groups -OCH3 is 1. The molecule has 2 N–H and O–H groups in total. The summed E-state index contributed by atoms with van der Waals surface area (Å²) in [4.78, 5) is 26.0. The summed E-state index contributed by atoms with van der Waals surface area (Å²) in [6, 6.07) is 7.60. The molecule has 1 heterocycles. The van der Waals surface area contributed by atoms with Crippen LogP contribution in [-0.2, 0) is 16.1 Å². The van der Waals surface area contributed by atoms with Crippen molar-refractivity contribution < 1.29 is 19.4 Å². The number of nitrogens with one attached hydrogen (secondary N) is 1. The molecule has 6 heteroatoms. The standard InChI is InChI=1S/C18H26N2O4/c1-24-16-7-5-14(6-8-16)12-20-13-15(11-17(20)22)18(23)19-9-3-2-4-10-21/h5-8,15,21H,2-4,9-13H2,1H3,(H,19,23). The van der Waals surface area contributed by atoms with Gasteiger partial charge in [0, 0.05) is 32.7 Å². The van der Waals surface area contributed by atoms with Gasteiger partial charge in [-0.3, -0.25) is 9.59 Å². The summed E-state index contributed by atoms with van der Waals surface area (Å²) in [6.45, 7) is 1.77. The number of carbonyl (C=O) groups is 2. The van der Waals surface area contributed by atoms with E-state index in [9.17, 15) is 9.59 Å². The van der Waals surface area contributed by atoms with Crippen LogP contribution in [0.3, 0.4) is 0 Å². The summed E-state index contributed by atoms with van der Waals surface area (Å²) < 4.78 is 5.12. The zero-order valence-electron chi connectivity index (χ0n) is 14.2. The molecule has 0 saturated carbocycles. The molecule has 0 aliphatic carbocycles. The van der Waals surface area contributed by atoms with Crippen molar-refractivity contribution in [1.82, 2.24) is 10.2 Å². The van der Waals surface area contributed by atoms with Gasteiger partial charge in [-0.2, -0.15) is 0 Å². The maximum absolute atomic E-state index is 12.1. The normalized spacial score (nSPS) is 17.2. The lowest BCUT2D eigenvalue weighted by Gasteiger charge is -2.17. The first-order valence-electron chi connectivity index (χ1n) is 8.43. The number of amides is 2. The van der Waals surface area contributed by atoms with E-state index >= 15 is 0 Å². The number of ether oxygens (including phenoxy) is 1. The van der Waals surface area contributed by atoms with Gasteiger partial charge in [0.1, 0.15) is 5.75 Å². The predicted molar refractivity (Wildman–Crippen MR) is 90.5 cm³/mol. The van der Waals surface area contributed by atoms with Gasteiger partial charge in [-0.05, 0) is 37.0 Å². The Hall–Kier alpha value is -2.08. The van der Waals surface area contributed by atoms with Crippen LogP contribution in [0, 0.1) is 5.92 Å². The Balaban J connectivity index is 1.78. The number of benzene rings is 1. The third-order valence-corrected chi connectivity index (χ3v) is 4.25. The summed E-state index contributed by atoms with van der Waals surface area (Å²) in [6.07, 6.45) is 2.78. The minimum atomic E-state index is -0.270. The highest BCUT2D eigenvalue weighted by atomic mass is 16.5. The highest BCUT2D eigenvalue weighted by molar-refractivity contribution is 5.89. The molecule has 1 fully saturated rings. The van der Waals surface area contributed by atoms with Gasteiger partial charge in [0.25, 0.3) is 0 Å². The number of aliphatic hydroxyl groups is 1. The predicted octanol–water partition coefficient (Wildman–Crippen LogP) is 1.32. The molecule has 0 radical (unpaired) electrons. The van der Waals surface area contributed by atoms with Gasteiger partial charge in [0.05, 0.1) is 13.0 Å². The molecule has 1 saturated heterocycles. The lowest BCUT2D eigenvalue weighted by atomic mass is 10.1. The van der Waals surface area contributed by atoms with E-state index in [2.05, 4.69) is 5.32 Å². The fourth-order valence-electron chi connectivity index (χ4n) is 2.82. The van der Waals surface area contributed by atoms with Crippen LogP contribution in [0.5, 0.6) is 5.75 Å². The quantitative estimate of drug-likeness (QED) is 0.668. The van der Waals surface area contributed by atoms with E-state index in [4.69, 9.17) is 9.84 Å². The van der Waals surface area contributed by atoms with Crippen molar-refractivity contribution in [2.75, 3.05) is 26.8 Å². The van der Waals surface area contributed by atoms with Crippen LogP contribution in [0.15, 0.2) is 24.3 Å². The van der Waals surface area contributed by atoms with Crippen LogP contribution in [-0.4, -0.2) is 48.6 Å². The van der Waals surface area contributed by atoms with Gasteiger partial charge < -0.3 is 20.1 Å². The third-order valence-electron chi connectivity index (χ3n) is 4.25. The monoisotopic (exact) mass is 334 g/mol. The molecule has 1 aliphatic heterocycles. The van der Waals surface area contributed by atoms with Crippen LogP contribution in [0.4, 0.5) is 0 Å². The highest BCUT2D eigenvalue weighted by Crippen LogP contribution is 2.21. The van der Waals surface area contributed by atoms with Crippen molar-refractivity contribution in [3.8, 4) is 5.75 Å². The average Bonchev–Trinajstić information content (AvgIpc) is 2.96. The van der Waals surface area contributed by atoms with Crippen LogP contribution in [0.25, 0.3) is 0 Å². The molecule has 0 bridgehead atoms. The molecule has 6 nitrogen and oxygen atoms in total. The molecular weight excluding hydrogens is 308 g/mol. The van der Waals surface area contributed by atoms with Gasteiger partial charge in [0.15, 0.2) is 0 Å². The van der Waals surface area contributed by atoms with Crippen LogP contribution < -0.4 is 10.1 Å². The van der Waals surface area contributed by atoms with Crippen molar-refractivity contribution in [2.24, 2.45) is 5.92 Å². The number of likely N-dealkylation sites (tertiary alicyclic amines) is 1. The van der Waals surface area contributed by atoms with E-state index in [-0.39, 0.29) is 30.8 Å². The van der Waals surface area contributed by atoms with Gasteiger partial charge in [0.2, 0.25) is 11.8 Å². The molecule has 132 valence electrons. The second-order valence-electron chi connectivity index (χ2n) is 6.10. The van der Waals surface area contributed by atoms with Crippen LogP contribution >= 0.6 is 0 Å². The zero-order chi connectivity index (χ0) is 17.4. The Labute approximate surface area is 142 Å². The summed E-state index contributed by atoms with van der Waals surface area (Å²) in [5, 5.41) is 11.6. The molecule has 2 rings (SSSR count). The first-order valence-corrected chi connectivity index (χ1v) is 8.43. The number of unbranched alkanes of at least 4 members (excludes halogenated alkanes) is 2. The average molecular weight is 334 g/mol. The summed E-state index contributed by atoms with van der Waals surface area (Å²) >= 11 is 0. The molecule has 1 unspecified atom stereocenters. The molecule has 24 heavy (non-hydrogen) atoms. The second-order valence-corrected chi connectivity index (χ2v) is 6.10. The van der Waals surface area contributed by atoms with Crippen LogP contribution in [0.1, 0.15) is 31.2 Å². The first-order chi connectivity index (χ1) is 11.6. The third kappa shape index (κ3) is 5.23. The fourth-order valence-corrected chi connectivity index (χ4v) is 2.82. The maximum Gasteiger partial charge on any atom is 0.225 e. The van der Waals surface area contributed by atoms with Crippen molar-refractivity contribution in [2.45, 2.75) is 32.2 Å². The number of hydrogen-bond acceptors (Lipinski definition) is 4. The largest absolute Gasteiger partial charge is 0.497 e. The Kier molecular flexibility index (Phi) is 7.06. The van der Waals surface area contributed by atoms with Gasteiger partial charge in [-0.1, -0.05) is 12.1 Å². The summed E-state index contributed by atoms with van der Waals surface area (Å²) in [5.74, 6) is 0.481. The number of rotatable bonds is 9. The lowest BCUT2D eigenvalue weighted by Crippen LogP contribution is -2.33. The second kappa shape index (κ2) is 9.27. The Bertz CT molecular complexity index is 544.